The van der Waals surface area contributed by atoms with Gasteiger partial charge in [0.05, 0.1) is 18.8 Å². The summed E-state index contributed by atoms with van der Waals surface area (Å²) in [5.74, 6) is 4.42. The van der Waals surface area contributed by atoms with Gasteiger partial charge in [-0.15, -0.1) is 5.54 Å². The maximum absolute atomic E-state index is 6.69. The van der Waals surface area contributed by atoms with E-state index >= 15 is 0 Å². The third-order valence-corrected chi connectivity index (χ3v) is 8.47. The zero-order valence-electron chi connectivity index (χ0n) is 22.2. The van der Waals surface area contributed by atoms with Gasteiger partial charge in [-0.3, -0.25) is 0 Å². The highest BCUT2D eigenvalue weighted by Crippen LogP contribution is 2.40. The molecule has 0 bridgehead atoms. The molecule has 0 amide bonds. The van der Waals surface area contributed by atoms with Crippen molar-refractivity contribution >= 4 is 8.07 Å². The summed E-state index contributed by atoms with van der Waals surface area (Å²) >= 11 is 0. The molecule has 4 unspecified atom stereocenters. The molecule has 35 heavy (non-hydrogen) atoms. The van der Waals surface area contributed by atoms with E-state index in [1.54, 1.807) is 0 Å². The fourth-order valence-corrected chi connectivity index (χ4v) is 5.57. The van der Waals surface area contributed by atoms with Gasteiger partial charge in [-0.2, -0.15) is 0 Å². The van der Waals surface area contributed by atoms with Crippen molar-refractivity contribution in [2.75, 3.05) is 13.2 Å². The van der Waals surface area contributed by atoms with Crippen LogP contribution >= 0.6 is 0 Å². The minimum Gasteiger partial charge on any atom is -0.349 e. The van der Waals surface area contributed by atoms with Gasteiger partial charge in [0.2, 0.25) is 0 Å². The molecule has 1 aromatic rings. The summed E-state index contributed by atoms with van der Waals surface area (Å²) in [6.45, 7) is 16.3. The van der Waals surface area contributed by atoms with Crippen LogP contribution in [-0.4, -0.2) is 58.3 Å². The maximum Gasteiger partial charge on any atom is 0.184 e. The van der Waals surface area contributed by atoms with Crippen molar-refractivity contribution in [3.63, 3.8) is 0 Å². The number of hydrogen-bond acceptors (Lipinski definition) is 6. The van der Waals surface area contributed by atoms with E-state index in [1.807, 2.05) is 30.3 Å². The highest BCUT2D eigenvalue weighted by atomic mass is 28.3. The van der Waals surface area contributed by atoms with E-state index in [-0.39, 0.29) is 36.6 Å². The van der Waals surface area contributed by atoms with Crippen molar-refractivity contribution in [2.24, 2.45) is 17.8 Å². The third kappa shape index (κ3) is 6.75. The molecule has 0 spiro atoms. The van der Waals surface area contributed by atoms with Crippen LogP contribution in [0.1, 0.15) is 46.0 Å². The monoisotopic (exact) mass is 502 g/mol. The van der Waals surface area contributed by atoms with Gasteiger partial charge in [0.15, 0.2) is 18.9 Å². The molecular weight excluding hydrogens is 460 g/mol. The molecule has 0 aromatic heterocycles. The average molecular weight is 503 g/mol. The Hall–Kier alpha value is -1.24. The smallest absolute Gasteiger partial charge is 0.184 e. The van der Waals surface area contributed by atoms with Crippen molar-refractivity contribution in [3.8, 4) is 11.5 Å². The lowest BCUT2D eigenvalue weighted by Crippen LogP contribution is -2.58. The Morgan fingerprint density at radius 1 is 0.943 bits per heavy atom. The fourth-order valence-electron chi connectivity index (χ4n) is 4.97. The Morgan fingerprint density at radius 3 is 2.40 bits per heavy atom. The van der Waals surface area contributed by atoms with Crippen LogP contribution in [0.2, 0.25) is 19.6 Å². The Balaban J connectivity index is 1.48. The molecule has 10 atom stereocenters. The lowest BCUT2D eigenvalue weighted by molar-refractivity contribution is -0.362. The predicted octanol–water partition coefficient (Wildman–Crippen LogP) is 5.15. The third-order valence-electron chi connectivity index (χ3n) is 7.54. The Morgan fingerprint density at radius 2 is 1.69 bits per heavy atom. The van der Waals surface area contributed by atoms with E-state index in [1.165, 1.54) is 0 Å². The second kappa shape index (κ2) is 11.4. The molecule has 0 radical (unpaired) electrons. The molecule has 3 fully saturated rings. The van der Waals surface area contributed by atoms with Gasteiger partial charge < -0.3 is 28.4 Å². The molecule has 194 valence electrons. The summed E-state index contributed by atoms with van der Waals surface area (Å²) in [4.78, 5) is 0. The van der Waals surface area contributed by atoms with Crippen molar-refractivity contribution in [1.82, 2.24) is 0 Å². The van der Waals surface area contributed by atoms with Crippen LogP contribution in [-0.2, 0) is 28.4 Å². The van der Waals surface area contributed by atoms with Crippen LogP contribution in [0.15, 0.2) is 30.3 Å². The number of hydrogen-bond donors (Lipinski definition) is 0. The zero-order valence-corrected chi connectivity index (χ0v) is 23.2. The van der Waals surface area contributed by atoms with Crippen molar-refractivity contribution in [2.45, 2.75) is 97.0 Å². The molecule has 3 heterocycles. The average Bonchev–Trinajstić information content (AvgIpc) is 2.83. The summed E-state index contributed by atoms with van der Waals surface area (Å²) in [6.07, 6.45) is -1.27. The largest absolute Gasteiger partial charge is 0.349 e. The van der Waals surface area contributed by atoms with Gasteiger partial charge in [-0.1, -0.05) is 76.7 Å². The van der Waals surface area contributed by atoms with Crippen molar-refractivity contribution in [3.05, 3.63) is 35.9 Å². The molecule has 6 nitrogen and oxygen atoms in total. The highest BCUT2D eigenvalue weighted by molar-refractivity contribution is 6.83. The van der Waals surface area contributed by atoms with E-state index < -0.39 is 20.7 Å². The molecule has 3 aliphatic rings. The van der Waals surface area contributed by atoms with Gasteiger partial charge in [-0.25, -0.2) is 0 Å². The van der Waals surface area contributed by atoms with Crippen LogP contribution in [0.3, 0.4) is 0 Å². The Bertz CT molecular complexity index is 877. The van der Waals surface area contributed by atoms with E-state index in [4.69, 9.17) is 28.4 Å². The van der Waals surface area contributed by atoms with Crippen LogP contribution in [0.4, 0.5) is 0 Å². The topological polar surface area (TPSA) is 55.4 Å². The predicted molar refractivity (Wildman–Crippen MR) is 137 cm³/mol. The van der Waals surface area contributed by atoms with Gasteiger partial charge in [-0.05, 0) is 18.8 Å². The molecular formula is C28H42O6Si. The fraction of sp³-hybridized carbons (Fsp3) is 0.714. The number of benzene rings is 1. The number of rotatable bonds is 5. The van der Waals surface area contributed by atoms with E-state index in [2.05, 4.69) is 58.8 Å². The molecule has 3 saturated heterocycles. The summed E-state index contributed by atoms with van der Waals surface area (Å²) in [5.41, 5.74) is 4.33. The van der Waals surface area contributed by atoms with E-state index in [0.29, 0.717) is 31.5 Å². The lowest BCUT2D eigenvalue weighted by Gasteiger charge is -2.48. The molecule has 0 N–H and O–H groups in total. The first-order chi connectivity index (χ1) is 16.6. The first kappa shape index (κ1) is 26.8. The number of ether oxygens (including phenoxy) is 6. The molecule has 7 heteroatoms. The molecule has 0 saturated carbocycles. The second-order valence-corrected chi connectivity index (χ2v) is 16.1. The minimum absolute atomic E-state index is 0.137. The summed E-state index contributed by atoms with van der Waals surface area (Å²) in [5, 5.41) is 0. The van der Waals surface area contributed by atoms with Crippen LogP contribution in [0.25, 0.3) is 0 Å². The van der Waals surface area contributed by atoms with Gasteiger partial charge in [0, 0.05) is 17.9 Å². The lowest BCUT2D eigenvalue weighted by atomic mass is 9.79. The summed E-state index contributed by atoms with van der Waals surface area (Å²) in [7, 11) is -1.44. The van der Waals surface area contributed by atoms with Crippen LogP contribution in [0.5, 0.6) is 0 Å². The normalized spacial score (nSPS) is 39.9. The van der Waals surface area contributed by atoms with Crippen LogP contribution < -0.4 is 0 Å². The van der Waals surface area contributed by atoms with Crippen molar-refractivity contribution in [1.29, 1.82) is 0 Å². The van der Waals surface area contributed by atoms with E-state index in [0.717, 1.165) is 5.56 Å². The zero-order chi connectivity index (χ0) is 25.2. The van der Waals surface area contributed by atoms with Gasteiger partial charge in [0.1, 0.15) is 26.9 Å². The summed E-state index contributed by atoms with van der Waals surface area (Å²) in [6, 6.07) is 10.0. The number of fused-ring (bicyclic) bond motifs is 1. The SMILES string of the molecule is CC1O[C@@H](O[C@@H]2C[C@H](OCC#C[Si](C)(C)C)OC3COC(c4ccccc4)O[C@@H]32)C(C)[C@@H](C)[C@@H]1C. The molecule has 0 aliphatic carbocycles. The molecule has 3 aliphatic heterocycles. The highest BCUT2D eigenvalue weighted by Gasteiger charge is 2.48. The Labute approximate surface area is 212 Å². The van der Waals surface area contributed by atoms with Gasteiger partial charge >= 0.3 is 0 Å². The van der Waals surface area contributed by atoms with Gasteiger partial charge in [0.25, 0.3) is 0 Å². The van der Waals surface area contributed by atoms with Crippen LogP contribution in [0, 0.1) is 29.2 Å². The Kier molecular flexibility index (Phi) is 8.76. The second-order valence-electron chi connectivity index (χ2n) is 11.3. The quantitative estimate of drug-likeness (QED) is 0.410. The summed E-state index contributed by atoms with van der Waals surface area (Å²) < 4.78 is 37.8. The first-order valence-corrected chi connectivity index (χ1v) is 16.5. The van der Waals surface area contributed by atoms with Crippen molar-refractivity contribution < 1.29 is 28.4 Å². The maximum atomic E-state index is 6.69. The standard InChI is InChI=1S/C28H42O6Si/c1-18-19(2)21(4)31-27(20(18)3)33-23-16-25(29-14-11-15-35(5,6)7)32-24-17-30-28(34-26(23)24)22-12-9-8-10-13-22/h8-10,12-13,18-21,23-28H,14,16-17H2,1-7H3/t18-,19-,20?,21?,23+,24?,25+,26+,27-,28?/m0/s1. The molecule has 1 aromatic carbocycles. The van der Waals surface area contributed by atoms with E-state index in [9.17, 15) is 0 Å². The first-order valence-electron chi connectivity index (χ1n) is 13.0. The minimum atomic E-state index is -1.44. The molecule has 4 rings (SSSR count).